The number of barbiturate groups is 1. The first-order valence-corrected chi connectivity index (χ1v) is 12.2. The molecule has 0 aliphatic carbocycles. The van der Waals surface area contributed by atoms with Gasteiger partial charge in [0.15, 0.2) is 11.5 Å². The van der Waals surface area contributed by atoms with E-state index in [2.05, 4.69) is 11.9 Å². The molecule has 1 saturated heterocycles. The van der Waals surface area contributed by atoms with Gasteiger partial charge in [0.25, 0.3) is 11.8 Å². The molecule has 3 aromatic carbocycles. The van der Waals surface area contributed by atoms with E-state index in [-0.39, 0.29) is 34.2 Å². The van der Waals surface area contributed by atoms with Crippen molar-refractivity contribution < 1.29 is 42.0 Å². The number of nitrogens with zero attached hydrogens (tertiary/aromatic N) is 2. The zero-order valence-electron chi connectivity index (χ0n) is 21.5. The molecule has 1 aliphatic heterocycles. The topological polar surface area (TPSA) is 128 Å². The van der Waals surface area contributed by atoms with Crippen molar-refractivity contribution in [3.63, 3.8) is 0 Å². The molecule has 4 rings (SSSR count). The van der Waals surface area contributed by atoms with Crippen molar-refractivity contribution in [2.24, 2.45) is 0 Å². The van der Waals surface area contributed by atoms with Crippen LogP contribution < -0.4 is 19.7 Å². The van der Waals surface area contributed by atoms with Crippen LogP contribution >= 0.6 is 11.6 Å². The lowest BCUT2D eigenvalue weighted by Gasteiger charge is -2.26. The SMILES string of the molecule is C=CCc1cc(/C=C2\C(=O)NC(=O)N(c3cccc(Cl)c3)C2=O)cc(OC)c1Oc1ccc(C(F)(F)F)cc1[N+](=O)[O-]. The number of nitro groups is 1. The van der Waals surface area contributed by atoms with Gasteiger partial charge in [-0.15, -0.1) is 6.58 Å². The molecule has 216 valence electrons. The van der Waals surface area contributed by atoms with Crippen molar-refractivity contribution in [2.75, 3.05) is 12.0 Å². The smallest absolute Gasteiger partial charge is 0.416 e. The number of urea groups is 1. The van der Waals surface area contributed by atoms with Crippen LogP contribution in [0, 0.1) is 10.1 Å². The number of anilines is 1. The molecule has 4 amide bonds. The Morgan fingerprint density at radius 3 is 2.45 bits per heavy atom. The fraction of sp³-hybridized carbons (Fsp3) is 0.107. The van der Waals surface area contributed by atoms with E-state index >= 15 is 0 Å². The number of amides is 4. The lowest BCUT2D eigenvalue weighted by Crippen LogP contribution is -2.54. The summed E-state index contributed by atoms with van der Waals surface area (Å²) in [5, 5.41) is 13.9. The lowest BCUT2D eigenvalue weighted by molar-refractivity contribution is -0.385. The number of nitro benzene ring substituents is 1. The van der Waals surface area contributed by atoms with Gasteiger partial charge < -0.3 is 9.47 Å². The molecule has 14 heteroatoms. The van der Waals surface area contributed by atoms with Crippen LogP contribution in [0.3, 0.4) is 0 Å². The maximum absolute atomic E-state index is 13.3. The van der Waals surface area contributed by atoms with Gasteiger partial charge >= 0.3 is 17.9 Å². The van der Waals surface area contributed by atoms with Gasteiger partial charge in [0.05, 0.1) is 23.3 Å². The molecule has 1 aliphatic rings. The maximum atomic E-state index is 13.3. The van der Waals surface area contributed by atoms with Crippen molar-refractivity contribution in [3.8, 4) is 17.2 Å². The van der Waals surface area contributed by atoms with E-state index in [0.29, 0.717) is 17.7 Å². The maximum Gasteiger partial charge on any atom is 0.416 e. The Bertz CT molecular complexity index is 1670. The predicted molar refractivity (Wildman–Crippen MR) is 146 cm³/mol. The molecule has 1 N–H and O–H groups in total. The highest BCUT2D eigenvalue weighted by Crippen LogP contribution is 2.42. The minimum Gasteiger partial charge on any atom is -0.493 e. The van der Waals surface area contributed by atoms with E-state index in [1.165, 1.54) is 55.7 Å². The average molecular weight is 602 g/mol. The molecule has 1 heterocycles. The third-order valence-electron chi connectivity index (χ3n) is 5.91. The number of carbonyl (C=O) groups is 3. The van der Waals surface area contributed by atoms with Crippen LogP contribution in [0.5, 0.6) is 17.2 Å². The molecule has 0 aromatic heterocycles. The molecule has 0 saturated carbocycles. The van der Waals surface area contributed by atoms with Crippen molar-refractivity contribution in [2.45, 2.75) is 12.6 Å². The molecule has 0 unspecified atom stereocenters. The van der Waals surface area contributed by atoms with Gasteiger partial charge in [0.1, 0.15) is 5.57 Å². The van der Waals surface area contributed by atoms with Crippen LogP contribution in [0.15, 0.2) is 72.8 Å². The minimum absolute atomic E-state index is 0.0261. The van der Waals surface area contributed by atoms with Crippen molar-refractivity contribution in [3.05, 3.63) is 105 Å². The number of alkyl halides is 3. The van der Waals surface area contributed by atoms with Gasteiger partial charge in [-0.3, -0.25) is 25.0 Å². The lowest BCUT2D eigenvalue weighted by atomic mass is 10.0. The number of benzene rings is 3. The second-order valence-electron chi connectivity index (χ2n) is 8.68. The van der Waals surface area contributed by atoms with Gasteiger partial charge in [-0.25, -0.2) is 9.69 Å². The van der Waals surface area contributed by atoms with Crippen molar-refractivity contribution in [1.82, 2.24) is 5.32 Å². The average Bonchev–Trinajstić information content (AvgIpc) is 2.91. The Hall–Kier alpha value is -5.17. The van der Waals surface area contributed by atoms with Crippen molar-refractivity contribution >= 4 is 46.9 Å². The first-order chi connectivity index (χ1) is 19.8. The third-order valence-corrected chi connectivity index (χ3v) is 6.15. The molecule has 3 aromatic rings. The number of halogens is 4. The molecule has 0 radical (unpaired) electrons. The molecular formula is C28H19ClF3N3O7. The number of carbonyl (C=O) groups excluding carboxylic acids is 3. The van der Waals surface area contributed by atoms with Gasteiger partial charge in [0, 0.05) is 16.7 Å². The summed E-state index contributed by atoms with van der Waals surface area (Å²) in [6, 6.07) is 9.51. The first kappa shape index (κ1) is 29.8. The summed E-state index contributed by atoms with van der Waals surface area (Å²) in [6.45, 7) is 3.65. The Balaban J connectivity index is 1.78. The van der Waals surface area contributed by atoms with E-state index in [0.717, 1.165) is 11.0 Å². The highest BCUT2D eigenvalue weighted by atomic mass is 35.5. The van der Waals surface area contributed by atoms with E-state index in [4.69, 9.17) is 21.1 Å². The summed E-state index contributed by atoms with van der Waals surface area (Å²) in [4.78, 5) is 49.7. The van der Waals surface area contributed by atoms with Gasteiger partial charge in [-0.1, -0.05) is 23.7 Å². The highest BCUT2D eigenvalue weighted by Gasteiger charge is 2.37. The Morgan fingerprint density at radius 2 is 1.83 bits per heavy atom. The number of imide groups is 2. The zero-order chi connectivity index (χ0) is 30.8. The van der Waals surface area contributed by atoms with E-state index < -0.39 is 51.5 Å². The predicted octanol–water partition coefficient (Wildman–Crippen LogP) is 6.46. The molecule has 0 atom stereocenters. The molecule has 42 heavy (non-hydrogen) atoms. The second kappa shape index (κ2) is 11.7. The number of ether oxygens (including phenoxy) is 2. The Kier molecular flexibility index (Phi) is 8.34. The van der Waals surface area contributed by atoms with Crippen LogP contribution in [0.1, 0.15) is 16.7 Å². The Labute approximate surface area is 240 Å². The summed E-state index contributed by atoms with van der Waals surface area (Å²) in [5.41, 5.74) is -1.92. The fourth-order valence-corrected chi connectivity index (χ4v) is 4.23. The number of hydrogen-bond acceptors (Lipinski definition) is 7. The summed E-state index contributed by atoms with van der Waals surface area (Å²) < 4.78 is 50.5. The van der Waals surface area contributed by atoms with E-state index in [9.17, 15) is 37.7 Å². The zero-order valence-corrected chi connectivity index (χ0v) is 22.3. The summed E-state index contributed by atoms with van der Waals surface area (Å²) in [7, 11) is 1.25. The fourth-order valence-electron chi connectivity index (χ4n) is 4.05. The normalized spacial score (nSPS) is 14.5. The van der Waals surface area contributed by atoms with Crippen LogP contribution in [-0.4, -0.2) is 29.9 Å². The molecule has 1 fully saturated rings. The molecular weight excluding hydrogens is 583 g/mol. The standard InChI is InChI=1S/C28H19ClF3N3O7/c1-3-5-16-10-15(11-20-25(36)33-27(38)34(26(20)37)19-7-4-6-18(29)14-19)12-23(41-2)24(16)42-22-9-8-17(28(30,31)32)13-21(22)35(39)40/h3-4,6-14H,1,5H2,2H3,(H,33,36,38)/b20-11+. The van der Waals surface area contributed by atoms with Crippen LogP contribution in [-0.2, 0) is 22.2 Å². The first-order valence-electron chi connectivity index (χ1n) is 11.9. The quantitative estimate of drug-likeness (QED) is 0.103. The Morgan fingerprint density at radius 1 is 1.10 bits per heavy atom. The van der Waals surface area contributed by atoms with Crippen LogP contribution in [0.4, 0.5) is 29.3 Å². The monoisotopic (exact) mass is 601 g/mol. The van der Waals surface area contributed by atoms with Crippen LogP contribution in [0.25, 0.3) is 6.08 Å². The van der Waals surface area contributed by atoms with Crippen molar-refractivity contribution in [1.29, 1.82) is 0 Å². The summed E-state index contributed by atoms with van der Waals surface area (Å²) >= 11 is 5.99. The molecule has 0 spiro atoms. The largest absolute Gasteiger partial charge is 0.493 e. The number of methoxy groups -OCH3 is 1. The van der Waals surface area contributed by atoms with Gasteiger partial charge in [-0.05, 0) is 60.5 Å². The molecule has 0 bridgehead atoms. The second-order valence-corrected chi connectivity index (χ2v) is 9.12. The van der Waals surface area contributed by atoms with Crippen LogP contribution in [0.2, 0.25) is 5.02 Å². The number of hydrogen-bond donors (Lipinski definition) is 1. The van der Waals surface area contributed by atoms with E-state index in [1.54, 1.807) is 0 Å². The molecule has 10 nitrogen and oxygen atoms in total. The van der Waals surface area contributed by atoms with Gasteiger partial charge in [-0.2, -0.15) is 13.2 Å². The highest BCUT2D eigenvalue weighted by molar-refractivity contribution is 6.39. The number of nitrogens with one attached hydrogen (secondary N) is 1. The van der Waals surface area contributed by atoms with E-state index in [1.807, 2.05) is 0 Å². The van der Waals surface area contributed by atoms with Gasteiger partial charge in [0.2, 0.25) is 5.75 Å². The minimum atomic E-state index is -4.82. The number of rotatable bonds is 8. The third kappa shape index (κ3) is 6.10. The summed E-state index contributed by atoms with van der Waals surface area (Å²) in [5.74, 6) is -2.48. The number of allylic oxidation sites excluding steroid dienone is 1. The summed E-state index contributed by atoms with van der Waals surface area (Å²) in [6.07, 6.45) is -2.08.